The minimum absolute atomic E-state index is 0.706. The molecule has 1 unspecified atom stereocenters. The van der Waals surface area contributed by atoms with Crippen molar-refractivity contribution in [2.75, 3.05) is 32.7 Å². The normalized spacial score (nSPS) is 21.1. The molecule has 0 amide bonds. The van der Waals surface area contributed by atoms with Gasteiger partial charge in [0.05, 0.1) is 5.60 Å². The first kappa shape index (κ1) is 12.6. The SMILES string of the molecule is Cc1cccc(C(C)(O)CN2CCNCC2)c1. The van der Waals surface area contributed by atoms with Gasteiger partial charge in [0.15, 0.2) is 0 Å². The Morgan fingerprint density at radius 1 is 1.35 bits per heavy atom. The van der Waals surface area contributed by atoms with E-state index in [-0.39, 0.29) is 0 Å². The molecule has 2 N–H and O–H groups in total. The number of benzene rings is 1. The number of nitrogens with one attached hydrogen (secondary N) is 1. The van der Waals surface area contributed by atoms with Crippen LogP contribution in [0.25, 0.3) is 0 Å². The summed E-state index contributed by atoms with van der Waals surface area (Å²) in [5.74, 6) is 0. The van der Waals surface area contributed by atoms with Crippen LogP contribution in [-0.4, -0.2) is 42.7 Å². The van der Waals surface area contributed by atoms with Crippen LogP contribution in [0.5, 0.6) is 0 Å². The highest BCUT2D eigenvalue weighted by Crippen LogP contribution is 2.22. The lowest BCUT2D eigenvalue weighted by molar-refractivity contribution is 0.0125. The van der Waals surface area contributed by atoms with Crippen LogP contribution in [0.1, 0.15) is 18.1 Å². The van der Waals surface area contributed by atoms with Crippen LogP contribution in [0.15, 0.2) is 24.3 Å². The number of aliphatic hydroxyl groups is 1. The summed E-state index contributed by atoms with van der Waals surface area (Å²) in [4.78, 5) is 2.32. The zero-order valence-corrected chi connectivity index (χ0v) is 10.7. The monoisotopic (exact) mass is 234 g/mol. The van der Waals surface area contributed by atoms with Crippen molar-refractivity contribution in [1.82, 2.24) is 10.2 Å². The standard InChI is InChI=1S/C14H22N2O/c1-12-4-3-5-13(10-12)14(2,17)11-16-8-6-15-7-9-16/h3-5,10,15,17H,6-9,11H2,1-2H3. The van der Waals surface area contributed by atoms with Crippen molar-refractivity contribution >= 4 is 0 Å². The average Bonchev–Trinajstić information content (AvgIpc) is 2.30. The molecular weight excluding hydrogens is 212 g/mol. The third-order valence-electron chi connectivity index (χ3n) is 3.38. The van der Waals surface area contributed by atoms with E-state index in [4.69, 9.17) is 0 Å². The summed E-state index contributed by atoms with van der Waals surface area (Å²) >= 11 is 0. The molecule has 1 atom stereocenters. The fraction of sp³-hybridized carbons (Fsp3) is 0.571. The lowest BCUT2D eigenvalue weighted by Crippen LogP contribution is -2.48. The van der Waals surface area contributed by atoms with Gasteiger partial charge in [0.2, 0.25) is 0 Å². The highest BCUT2D eigenvalue weighted by molar-refractivity contribution is 5.27. The van der Waals surface area contributed by atoms with Gasteiger partial charge in [0, 0.05) is 32.7 Å². The second-order valence-electron chi connectivity index (χ2n) is 5.17. The minimum Gasteiger partial charge on any atom is -0.384 e. The molecule has 0 saturated carbocycles. The third kappa shape index (κ3) is 3.28. The summed E-state index contributed by atoms with van der Waals surface area (Å²) < 4.78 is 0. The van der Waals surface area contributed by atoms with E-state index < -0.39 is 5.60 Å². The summed E-state index contributed by atoms with van der Waals surface area (Å²) in [6.07, 6.45) is 0. The van der Waals surface area contributed by atoms with E-state index in [1.807, 2.05) is 19.1 Å². The summed E-state index contributed by atoms with van der Waals surface area (Å²) in [5, 5.41) is 13.9. The van der Waals surface area contributed by atoms with Gasteiger partial charge in [-0.3, -0.25) is 4.90 Å². The first-order chi connectivity index (χ1) is 8.08. The third-order valence-corrected chi connectivity index (χ3v) is 3.38. The molecule has 3 nitrogen and oxygen atoms in total. The highest BCUT2D eigenvalue weighted by Gasteiger charge is 2.26. The average molecular weight is 234 g/mol. The van der Waals surface area contributed by atoms with Gasteiger partial charge in [0.25, 0.3) is 0 Å². The maximum absolute atomic E-state index is 10.6. The van der Waals surface area contributed by atoms with E-state index in [9.17, 15) is 5.11 Å². The van der Waals surface area contributed by atoms with Crippen molar-refractivity contribution in [3.05, 3.63) is 35.4 Å². The fourth-order valence-corrected chi connectivity index (χ4v) is 2.38. The molecule has 0 aliphatic carbocycles. The van der Waals surface area contributed by atoms with Crippen molar-refractivity contribution < 1.29 is 5.11 Å². The number of β-amino-alcohol motifs (C(OH)–C–C–N with tert-alkyl or cyclic N) is 1. The lowest BCUT2D eigenvalue weighted by atomic mass is 9.94. The van der Waals surface area contributed by atoms with E-state index >= 15 is 0 Å². The van der Waals surface area contributed by atoms with Gasteiger partial charge in [-0.1, -0.05) is 29.8 Å². The van der Waals surface area contributed by atoms with Gasteiger partial charge >= 0.3 is 0 Å². The first-order valence-corrected chi connectivity index (χ1v) is 6.30. The maximum atomic E-state index is 10.6. The van der Waals surface area contributed by atoms with E-state index in [0.717, 1.165) is 31.7 Å². The zero-order chi connectivity index (χ0) is 12.3. The second kappa shape index (κ2) is 5.17. The molecule has 0 spiro atoms. The number of hydrogen-bond acceptors (Lipinski definition) is 3. The molecular formula is C14H22N2O. The number of hydrogen-bond donors (Lipinski definition) is 2. The van der Waals surface area contributed by atoms with Crippen LogP contribution in [0, 0.1) is 6.92 Å². The topological polar surface area (TPSA) is 35.5 Å². The van der Waals surface area contributed by atoms with Gasteiger partial charge in [0.1, 0.15) is 0 Å². The Bertz CT molecular complexity index is 370. The zero-order valence-electron chi connectivity index (χ0n) is 10.7. The molecule has 1 aromatic rings. The van der Waals surface area contributed by atoms with Crippen LogP contribution >= 0.6 is 0 Å². The van der Waals surface area contributed by atoms with Gasteiger partial charge in [-0.2, -0.15) is 0 Å². The van der Waals surface area contributed by atoms with Gasteiger partial charge in [-0.05, 0) is 19.4 Å². The summed E-state index contributed by atoms with van der Waals surface area (Å²) in [6.45, 7) is 8.74. The Kier molecular flexibility index (Phi) is 3.82. The number of rotatable bonds is 3. The van der Waals surface area contributed by atoms with Crippen LogP contribution < -0.4 is 5.32 Å². The molecule has 0 aromatic heterocycles. The quantitative estimate of drug-likeness (QED) is 0.822. The highest BCUT2D eigenvalue weighted by atomic mass is 16.3. The first-order valence-electron chi connectivity index (χ1n) is 6.30. The molecule has 1 aliphatic heterocycles. The molecule has 2 rings (SSSR count). The maximum Gasteiger partial charge on any atom is 0.0994 e. The molecule has 1 aliphatic rings. The fourth-order valence-electron chi connectivity index (χ4n) is 2.38. The van der Waals surface area contributed by atoms with E-state index in [0.29, 0.717) is 6.54 Å². The molecule has 1 saturated heterocycles. The number of aryl methyl sites for hydroxylation is 1. The molecule has 1 heterocycles. The van der Waals surface area contributed by atoms with Gasteiger partial charge in [-0.25, -0.2) is 0 Å². The molecule has 0 radical (unpaired) electrons. The Morgan fingerprint density at radius 2 is 2.06 bits per heavy atom. The largest absolute Gasteiger partial charge is 0.384 e. The molecule has 1 aromatic carbocycles. The van der Waals surface area contributed by atoms with Crippen LogP contribution in [0.2, 0.25) is 0 Å². The number of nitrogens with zero attached hydrogens (tertiary/aromatic N) is 1. The predicted octanol–water partition coefficient (Wildman–Crippen LogP) is 1.11. The van der Waals surface area contributed by atoms with Crippen molar-refractivity contribution in [3.63, 3.8) is 0 Å². The van der Waals surface area contributed by atoms with Crippen molar-refractivity contribution in [2.45, 2.75) is 19.4 Å². The Hall–Kier alpha value is -0.900. The summed E-state index contributed by atoms with van der Waals surface area (Å²) in [6, 6.07) is 8.15. The lowest BCUT2D eigenvalue weighted by Gasteiger charge is -2.34. The molecule has 94 valence electrons. The van der Waals surface area contributed by atoms with E-state index in [2.05, 4.69) is 29.3 Å². The number of piperazine rings is 1. The van der Waals surface area contributed by atoms with Crippen LogP contribution in [-0.2, 0) is 5.60 Å². The molecule has 1 fully saturated rings. The Balaban J connectivity index is 2.06. The van der Waals surface area contributed by atoms with Gasteiger partial charge < -0.3 is 10.4 Å². The van der Waals surface area contributed by atoms with Gasteiger partial charge in [-0.15, -0.1) is 0 Å². The van der Waals surface area contributed by atoms with Crippen LogP contribution in [0.4, 0.5) is 0 Å². The van der Waals surface area contributed by atoms with E-state index in [1.54, 1.807) is 0 Å². The Morgan fingerprint density at radius 3 is 2.71 bits per heavy atom. The van der Waals surface area contributed by atoms with Crippen molar-refractivity contribution in [3.8, 4) is 0 Å². The predicted molar refractivity (Wildman–Crippen MR) is 70.1 cm³/mol. The van der Waals surface area contributed by atoms with Crippen molar-refractivity contribution in [1.29, 1.82) is 0 Å². The summed E-state index contributed by atoms with van der Waals surface area (Å²) in [7, 11) is 0. The summed E-state index contributed by atoms with van der Waals surface area (Å²) in [5.41, 5.74) is 1.45. The Labute approximate surface area is 103 Å². The molecule has 0 bridgehead atoms. The smallest absolute Gasteiger partial charge is 0.0994 e. The van der Waals surface area contributed by atoms with E-state index in [1.165, 1.54) is 5.56 Å². The molecule has 17 heavy (non-hydrogen) atoms. The van der Waals surface area contributed by atoms with Crippen molar-refractivity contribution in [2.24, 2.45) is 0 Å². The minimum atomic E-state index is -0.761. The molecule has 3 heteroatoms. The van der Waals surface area contributed by atoms with Crippen LogP contribution in [0.3, 0.4) is 0 Å². The second-order valence-corrected chi connectivity index (χ2v) is 5.17.